The molecule has 0 aromatic heterocycles. The minimum atomic E-state index is -0.309. The van der Waals surface area contributed by atoms with Gasteiger partial charge < -0.3 is 11.1 Å². The fraction of sp³-hybridized carbons (Fsp3) is 0.111. The summed E-state index contributed by atoms with van der Waals surface area (Å²) in [7, 11) is 0. The van der Waals surface area contributed by atoms with E-state index in [9.17, 15) is 0 Å². The van der Waals surface area contributed by atoms with Crippen molar-refractivity contribution in [1.29, 1.82) is 10.8 Å². The zero-order valence-corrected chi connectivity index (χ0v) is 12.7. The van der Waals surface area contributed by atoms with Gasteiger partial charge in [-0.15, -0.1) is 0 Å². The van der Waals surface area contributed by atoms with E-state index in [4.69, 9.17) is 28.2 Å². The van der Waals surface area contributed by atoms with Gasteiger partial charge in [-0.25, -0.2) is 0 Å². The van der Waals surface area contributed by atoms with Gasteiger partial charge in [-0.3, -0.25) is 16.1 Å². The average Bonchev–Trinajstić information content (AvgIpc) is 2.21. The summed E-state index contributed by atoms with van der Waals surface area (Å²) in [5, 5.41) is 20.1. The van der Waals surface area contributed by atoms with E-state index in [1.54, 1.807) is 6.07 Å². The summed E-state index contributed by atoms with van der Waals surface area (Å²) in [5.41, 5.74) is 6.61. The van der Waals surface area contributed by atoms with Crippen LogP contribution in [0.2, 0.25) is 5.02 Å². The summed E-state index contributed by atoms with van der Waals surface area (Å²) in [4.78, 5) is 0. The van der Waals surface area contributed by atoms with Gasteiger partial charge >= 0.3 is 0 Å². The van der Waals surface area contributed by atoms with Crippen LogP contribution >= 0.6 is 43.5 Å². The van der Waals surface area contributed by atoms with Crippen LogP contribution in [0.5, 0.6) is 0 Å². The molecule has 0 saturated heterocycles. The Labute approximate surface area is 120 Å². The fourth-order valence-electron chi connectivity index (χ4n) is 1.08. The minimum Gasteiger partial charge on any atom is -0.370 e. The maximum absolute atomic E-state index is 7.53. The molecule has 6 N–H and O–H groups in total. The third-order valence-corrected chi connectivity index (χ3v) is 4.26. The third kappa shape index (κ3) is 3.58. The largest absolute Gasteiger partial charge is 0.370 e. The number of anilines is 1. The predicted molar refractivity (Wildman–Crippen MR) is 78.0 cm³/mol. The van der Waals surface area contributed by atoms with E-state index in [1.165, 1.54) is 0 Å². The monoisotopic (exact) mass is 381 g/mol. The first-order valence-corrected chi connectivity index (χ1v) is 6.40. The van der Waals surface area contributed by atoms with Crippen molar-refractivity contribution in [2.24, 2.45) is 5.73 Å². The van der Waals surface area contributed by atoms with Crippen molar-refractivity contribution in [2.75, 3.05) is 5.32 Å². The normalized spacial score (nSPS) is 9.88. The van der Waals surface area contributed by atoms with Gasteiger partial charge in [0.2, 0.25) is 0 Å². The first-order chi connectivity index (χ1) is 7.82. The molecule has 0 saturated carbocycles. The lowest BCUT2D eigenvalue weighted by Crippen LogP contribution is -2.39. The lowest BCUT2D eigenvalue weighted by Gasteiger charge is -2.13. The summed E-state index contributed by atoms with van der Waals surface area (Å²) in [6, 6.07) is 1.78. The van der Waals surface area contributed by atoms with E-state index in [0.29, 0.717) is 15.2 Å². The Morgan fingerprint density at radius 1 is 1.41 bits per heavy atom. The number of nitrogens with one attached hydrogen (secondary N) is 4. The van der Waals surface area contributed by atoms with E-state index in [1.807, 2.05) is 6.92 Å². The van der Waals surface area contributed by atoms with Crippen LogP contribution in [0.1, 0.15) is 5.56 Å². The number of rotatable bonds is 1. The third-order valence-electron chi connectivity index (χ3n) is 1.91. The Morgan fingerprint density at radius 2 is 2.00 bits per heavy atom. The molecule has 0 amide bonds. The summed E-state index contributed by atoms with van der Waals surface area (Å²) in [6.45, 7) is 1.88. The molecule has 92 valence electrons. The van der Waals surface area contributed by atoms with E-state index < -0.39 is 0 Å². The fourth-order valence-corrected chi connectivity index (χ4v) is 2.33. The van der Waals surface area contributed by atoms with Gasteiger partial charge in [0, 0.05) is 4.47 Å². The quantitative estimate of drug-likeness (QED) is 0.293. The molecule has 0 aliphatic heterocycles. The smallest absolute Gasteiger partial charge is 0.199 e. The van der Waals surface area contributed by atoms with Crippen molar-refractivity contribution in [3.63, 3.8) is 0 Å². The van der Waals surface area contributed by atoms with E-state index in [-0.39, 0.29) is 11.9 Å². The van der Waals surface area contributed by atoms with Crippen molar-refractivity contribution >= 4 is 61.1 Å². The van der Waals surface area contributed by atoms with Crippen molar-refractivity contribution in [3.05, 3.63) is 25.6 Å². The van der Waals surface area contributed by atoms with E-state index in [2.05, 4.69) is 42.5 Å². The minimum absolute atomic E-state index is 0.106. The summed E-state index contributed by atoms with van der Waals surface area (Å²) < 4.78 is 1.47. The van der Waals surface area contributed by atoms with Crippen LogP contribution < -0.4 is 16.4 Å². The molecule has 0 aliphatic carbocycles. The predicted octanol–water partition coefficient (Wildman–Crippen LogP) is 3.00. The van der Waals surface area contributed by atoms with Gasteiger partial charge in [0.25, 0.3) is 0 Å². The van der Waals surface area contributed by atoms with E-state index in [0.717, 1.165) is 10.0 Å². The molecular formula is C9H10Br2ClN5. The number of guanidine groups is 2. The molecule has 5 nitrogen and oxygen atoms in total. The molecule has 0 aliphatic rings. The van der Waals surface area contributed by atoms with Crippen molar-refractivity contribution in [3.8, 4) is 0 Å². The van der Waals surface area contributed by atoms with Crippen molar-refractivity contribution < 1.29 is 0 Å². The second kappa shape index (κ2) is 5.70. The first kappa shape index (κ1) is 14.3. The molecule has 0 atom stereocenters. The SMILES string of the molecule is Cc1c(Br)cc(NC(=N)NC(=N)N)c(Br)c1Cl. The van der Waals surface area contributed by atoms with Gasteiger partial charge in [0.05, 0.1) is 15.2 Å². The molecule has 0 fully saturated rings. The zero-order chi connectivity index (χ0) is 13.2. The highest BCUT2D eigenvalue weighted by Gasteiger charge is 2.12. The molecule has 17 heavy (non-hydrogen) atoms. The molecule has 0 bridgehead atoms. The summed E-state index contributed by atoms with van der Waals surface area (Å²) in [6.07, 6.45) is 0. The second-order valence-electron chi connectivity index (χ2n) is 3.20. The standard InChI is InChI=1S/C9H10Br2ClN5/c1-3-4(10)2-5(6(11)7(3)12)16-9(15)17-8(13)14/h2H,1H3,(H6,13,14,15,16,17). The lowest BCUT2D eigenvalue weighted by atomic mass is 10.2. The molecule has 0 unspecified atom stereocenters. The molecule has 8 heteroatoms. The van der Waals surface area contributed by atoms with Crippen LogP contribution in [-0.4, -0.2) is 11.9 Å². The first-order valence-electron chi connectivity index (χ1n) is 4.43. The van der Waals surface area contributed by atoms with Gasteiger partial charge in [0.15, 0.2) is 11.9 Å². The van der Waals surface area contributed by atoms with Crippen LogP contribution in [0.4, 0.5) is 5.69 Å². The Bertz CT molecular complexity index is 489. The Kier molecular flexibility index (Phi) is 4.79. The van der Waals surface area contributed by atoms with Crippen LogP contribution in [0, 0.1) is 17.7 Å². The second-order valence-corrected chi connectivity index (χ2v) is 5.22. The van der Waals surface area contributed by atoms with Gasteiger partial charge in [-0.05, 0) is 34.5 Å². The lowest BCUT2D eigenvalue weighted by molar-refractivity contribution is 1.20. The molecule has 0 radical (unpaired) electrons. The van der Waals surface area contributed by atoms with Crippen LogP contribution in [0.15, 0.2) is 15.0 Å². The molecule has 1 aromatic carbocycles. The summed E-state index contributed by atoms with van der Waals surface area (Å²) in [5.74, 6) is -0.416. The summed E-state index contributed by atoms with van der Waals surface area (Å²) >= 11 is 12.8. The van der Waals surface area contributed by atoms with Gasteiger partial charge in [-0.2, -0.15) is 0 Å². The van der Waals surface area contributed by atoms with Crippen LogP contribution in [-0.2, 0) is 0 Å². The number of benzene rings is 1. The van der Waals surface area contributed by atoms with E-state index >= 15 is 0 Å². The molecule has 0 spiro atoms. The van der Waals surface area contributed by atoms with Gasteiger partial charge in [-0.1, -0.05) is 27.5 Å². The Hall–Kier alpha value is -0.790. The average molecular weight is 383 g/mol. The molecule has 1 rings (SSSR count). The maximum Gasteiger partial charge on any atom is 0.199 e. The highest BCUT2D eigenvalue weighted by molar-refractivity contribution is 9.11. The molecular weight excluding hydrogens is 373 g/mol. The molecule has 0 heterocycles. The highest BCUT2D eigenvalue weighted by Crippen LogP contribution is 2.37. The maximum atomic E-state index is 7.53. The topological polar surface area (TPSA) is 97.8 Å². The van der Waals surface area contributed by atoms with Crippen molar-refractivity contribution in [2.45, 2.75) is 6.92 Å². The number of hydrogen-bond acceptors (Lipinski definition) is 2. The van der Waals surface area contributed by atoms with Gasteiger partial charge in [0.1, 0.15) is 0 Å². The highest BCUT2D eigenvalue weighted by atomic mass is 79.9. The number of nitrogens with two attached hydrogens (primary N) is 1. The van der Waals surface area contributed by atoms with Crippen LogP contribution in [0.25, 0.3) is 0 Å². The number of halogens is 3. The van der Waals surface area contributed by atoms with Crippen molar-refractivity contribution in [1.82, 2.24) is 5.32 Å². The Balaban J connectivity index is 3.00. The molecule has 1 aromatic rings. The number of hydrogen-bond donors (Lipinski definition) is 5. The zero-order valence-electron chi connectivity index (χ0n) is 8.79. The Morgan fingerprint density at radius 3 is 2.53 bits per heavy atom. The van der Waals surface area contributed by atoms with Crippen LogP contribution in [0.3, 0.4) is 0 Å².